The Balaban J connectivity index is 1.40. The summed E-state index contributed by atoms with van der Waals surface area (Å²) in [4.78, 5) is 17.6. The molecule has 0 radical (unpaired) electrons. The Bertz CT molecular complexity index is 1390. The Kier molecular flexibility index (Phi) is 8.12. The molecule has 1 amide bonds. The summed E-state index contributed by atoms with van der Waals surface area (Å²) in [6.07, 6.45) is 3.43. The van der Waals surface area contributed by atoms with Crippen molar-refractivity contribution in [1.82, 2.24) is 18.9 Å². The molecule has 0 bridgehead atoms. The number of ether oxygens (including phenoxy) is 3. The first kappa shape index (κ1) is 27.4. The number of amides is 1. The molecule has 2 fully saturated rings. The van der Waals surface area contributed by atoms with Gasteiger partial charge in [0.25, 0.3) is 5.91 Å². The number of rotatable bonds is 10. The molecule has 0 saturated carbocycles. The van der Waals surface area contributed by atoms with E-state index in [-0.39, 0.29) is 24.9 Å². The molecular weight excluding hydrogens is 529 g/mol. The van der Waals surface area contributed by atoms with Crippen LogP contribution in [0.3, 0.4) is 0 Å². The van der Waals surface area contributed by atoms with Crippen LogP contribution in [0.25, 0.3) is 5.52 Å². The van der Waals surface area contributed by atoms with Crippen LogP contribution >= 0.6 is 0 Å². The zero-order valence-electron chi connectivity index (χ0n) is 22.0. The lowest BCUT2D eigenvalue weighted by Gasteiger charge is -2.20. The number of benzene rings is 1. The minimum absolute atomic E-state index is 0.151. The summed E-state index contributed by atoms with van der Waals surface area (Å²) in [6.45, 7) is 4.18. The first-order valence-electron chi connectivity index (χ1n) is 12.9. The number of carbonyl (C=O) groups is 1. The van der Waals surface area contributed by atoms with Gasteiger partial charge in [-0.3, -0.25) is 9.10 Å². The van der Waals surface area contributed by atoms with Crippen LogP contribution < -0.4 is 10.1 Å². The number of aryl methyl sites for hydroxylation is 1. The van der Waals surface area contributed by atoms with E-state index >= 15 is 0 Å². The Labute approximate surface area is 227 Å². The quantitative estimate of drug-likeness (QED) is 0.359. The molecule has 0 spiro atoms. The van der Waals surface area contributed by atoms with Gasteiger partial charge in [-0.15, -0.1) is 0 Å². The first-order chi connectivity index (χ1) is 18.8. The molecule has 2 aromatic heterocycles. The van der Waals surface area contributed by atoms with E-state index in [4.69, 9.17) is 14.2 Å². The van der Waals surface area contributed by atoms with E-state index in [1.54, 1.807) is 13.1 Å². The van der Waals surface area contributed by atoms with E-state index in [2.05, 4.69) is 22.3 Å². The summed E-state index contributed by atoms with van der Waals surface area (Å²) in [5.74, 6) is 0.138. The number of halogens is 1. The van der Waals surface area contributed by atoms with Crippen LogP contribution in [-0.4, -0.2) is 84.6 Å². The van der Waals surface area contributed by atoms with Crippen molar-refractivity contribution in [3.63, 3.8) is 0 Å². The summed E-state index contributed by atoms with van der Waals surface area (Å²) in [6, 6.07) is 4.07. The molecule has 4 heterocycles. The molecule has 0 aliphatic carbocycles. The van der Waals surface area contributed by atoms with Crippen molar-refractivity contribution in [2.24, 2.45) is 0 Å². The number of hydrogen-bond donors (Lipinski definition) is 2. The molecular formula is C26H32FN5O6S. The van der Waals surface area contributed by atoms with Crippen molar-refractivity contribution in [1.29, 1.82) is 0 Å². The van der Waals surface area contributed by atoms with Crippen molar-refractivity contribution in [2.75, 3.05) is 31.3 Å². The van der Waals surface area contributed by atoms with Gasteiger partial charge < -0.3 is 24.6 Å². The average Bonchev–Trinajstić information content (AvgIpc) is 3.60. The fraction of sp³-hybridized carbons (Fsp3) is 0.500. The predicted octanol–water partition coefficient (Wildman–Crippen LogP) is 2.75. The lowest BCUT2D eigenvalue weighted by Crippen LogP contribution is -2.34. The Morgan fingerprint density at radius 1 is 1.31 bits per heavy atom. The van der Waals surface area contributed by atoms with Crippen LogP contribution in [0, 0.1) is 12.7 Å². The maximum atomic E-state index is 14.2. The Morgan fingerprint density at radius 2 is 2.10 bits per heavy atom. The largest absolute Gasteiger partial charge is 0.483 e. The van der Waals surface area contributed by atoms with E-state index in [9.17, 15) is 18.5 Å². The maximum Gasteiger partial charge on any atom is 0.267 e. The van der Waals surface area contributed by atoms with Gasteiger partial charge in [0.15, 0.2) is 11.9 Å². The van der Waals surface area contributed by atoms with Crippen LogP contribution in [0.5, 0.6) is 5.75 Å². The SMILES string of the molecule is CCCCCS(=O)N(C)C(=O)c1cn2ncnc(Nc3ccc(F)cc3O[C@@H]3CO[C@H]4[C@@H]3OC[C@H]4O)c2c1C. The summed E-state index contributed by atoms with van der Waals surface area (Å²) < 4.78 is 47.0. The molecule has 13 heteroatoms. The zero-order valence-corrected chi connectivity index (χ0v) is 22.8. The highest BCUT2D eigenvalue weighted by atomic mass is 32.2. The molecule has 2 N–H and O–H groups in total. The number of unbranched alkanes of at least 4 members (excludes halogenated alkanes) is 2. The summed E-state index contributed by atoms with van der Waals surface area (Å²) in [7, 11) is 0.0899. The van der Waals surface area contributed by atoms with Gasteiger partial charge in [-0.2, -0.15) is 5.10 Å². The van der Waals surface area contributed by atoms with Crippen LogP contribution in [0.15, 0.2) is 30.7 Å². The maximum absolute atomic E-state index is 14.2. The second-order valence-electron chi connectivity index (χ2n) is 9.69. The van der Waals surface area contributed by atoms with Gasteiger partial charge >= 0.3 is 0 Å². The normalized spacial score (nSPS) is 23.1. The molecule has 3 aromatic rings. The molecule has 2 aliphatic rings. The molecule has 210 valence electrons. The number of hydrogen-bond acceptors (Lipinski definition) is 9. The molecule has 2 saturated heterocycles. The monoisotopic (exact) mass is 561 g/mol. The van der Waals surface area contributed by atoms with Crippen LogP contribution in [-0.2, 0) is 20.5 Å². The van der Waals surface area contributed by atoms with Crippen molar-refractivity contribution in [2.45, 2.75) is 57.5 Å². The van der Waals surface area contributed by atoms with E-state index in [0.717, 1.165) is 19.3 Å². The predicted molar refractivity (Wildman–Crippen MR) is 142 cm³/mol. The number of fused-ring (bicyclic) bond motifs is 2. The van der Waals surface area contributed by atoms with Gasteiger partial charge in [-0.1, -0.05) is 19.8 Å². The minimum atomic E-state index is -1.44. The van der Waals surface area contributed by atoms with Gasteiger partial charge in [-0.05, 0) is 31.0 Å². The van der Waals surface area contributed by atoms with Gasteiger partial charge in [0.2, 0.25) is 0 Å². The highest BCUT2D eigenvalue weighted by Crippen LogP contribution is 2.35. The summed E-state index contributed by atoms with van der Waals surface area (Å²) in [5, 5.41) is 17.5. The molecule has 1 unspecified atom stereocenters. The summed E-state index contributed by atoms with van der Waals surface area (Å²) in [5.41, 5.74) is 1.92. The molecule has 39 heavy (non-hydrogen) atoms. The topological polar surface area (TPSA) is 128 Å². The van der Waals surface area contributed by atoms with Gasteiger partial charge in [0, 0.05) is 25.1 Å². The highest BCUT2D eigenvalue weighted by molar-refractivity contribution is 7.83. The third kappa shape index (κ3) is 5.49. The number of aliphatic hydroxyl groups is 1. The molecule has 5 rings (SSSR count). The number of carbonyl (C=O) groups excluding carboxylic acids is 1. The lowest BCUT2D eigenvalue weighted by atomic mass is 10.1. The van der Waals surface area contributed by atoms with Crippen LogP contribution in [0.1, 0.15) is 42.1 Å². The van der Waals surface area contributed by atoms with E-state index in [1.807, 2.05) is 0 Å². The van der Waals surface area contributed by atoms with Gasteiger partial charge in [0.1, 0.15) is 52.7 Å². The number of aromatic nitrogens is 3. The minimum Gasteiger partial charge on any atom is -0.483 e. The van der Waals surface area contributed by atoms with Crippen LogP contribution in [0.4, 0.5) is 15.9 Å². The highest BCUT2D eigenvalue weighted by Gasteiger charge is 2.48. The fourth-order valence-electron chi connectivity index (χ4n) is 4.87. The van der Waals surface area contributed by atoms with E-state index in [1.165, 1.54) is 40.4 Å². The first-order valence-corrected chi connectivity index (χ1v) is 14.2. The zero-order chi connectivity index (χ0) is 27.7. The molecule has 5 atom stereocenters. The second-order valence-corrected chi connectivity index (χ2v) is 11.3. The lowest BCUT2D eigenvalue weighted by molar-refractivity contribution is 0.00871. The average molecular weight is 562 g/mol. The Morgan fingerprint density at radius 3 is 2.90 bits per heavy atom. The Hall–Kier alpha value is -3.13. The summed E-state index contributed by atoms with van der Waals surface area (Å²) >= 11 is 0. The van der Waals surface area contributed by atoms with Gasteiger partial charge in [0.05, 0.1) is 24.5 Å². The second kappa shape index (κ2) is 11.5. The number of nitrogens with one attached hydrogen (secondary N) is 1. The van der Waals surface area contributed by atoms with Crippen LogP contribution in [0.2, 0.25) is 0 Å². The third-order valence-corrected chi connectivity index (χ3v) is 8.44. The van der Waals surface area contributed by atoms with Crippen molar-refractivity contribution in [3.05, 3.63) is 47.7 Å². The third-order valence-electron chi connectivity index (χ3n) is 7.03. The van der Waals surface area contributed by atoms with Crippen molar-refractivity contribution < 1.29 is 32.7 Å². The standard InChI is InChI=1S/C26H32FN5O6S/c1-4-5-6-9-39(35)31(3)26(34)17-11-32-22(15(17)2)25(28-14-29-32)30-18-8-7-16(27)10-20(18)38-21-13-37-23-19(33)12-36-24(21)23/h7-8,10-11,14,19,21,23-24,33H,4-6,9,12-13H2,1-3H3,(H,28,29,30)/t19-,21-,23-,24-,39?/m1/s1. The van der Waals surface area contributed by atoms with E-state index < -0.39 is 41.2 Å². The number of anilines is 2. The smallest absolute Gasteiger partial charge is 0.267 e. The fourth-order valence-corrected chi connectivity index (χ4v) is 5.88. The molecule has 2 aliphatic heterocycles. The number of aliphatic hydroxyl groups excluding tert-OH is 1. The molecule has 1 aromatic carbocycles. The van der Waals surface area contributed by atoms with Crippen molar-refractivity contribution in [3.8, 4) is 5.75 Å². The van der Waals surface area contributed by atoms with Gasteiger partial charge in [-0.25, -0.2) is 18.1 Å². The number of nitrogens with zero attached hydrogens (tertiary/aromatic N) is 4. The van der Waals surface area contributed by atoms with Crippen molar-refractivity contribution >= 4 is 33.9 Å². The van der Waals surface area contributed by atoms with E-state index in [0.29, 0.717) is 33.9 Å². The molecule has 11 nitrogen and oxygen atoms in total.